The molecule has 0 saturated heterocycles. The van der Waals surface area contributed by atoms with Crippen LogP contribution in [0.1, 0.15) is 35.3 Å². The number of rotatable bonds is 6. The van der Waals surface area contributed by atoms with Gasteiger partial charge in [0.25, 0.3) is 0 Å². The summed E-state index contributed by atoms with van der Waals surface area (Å²) < 4.78 is 8.37. The Hall–Kier alpha value is -4.56. The largest absolute Gasteiger partial charge is 0.503 e. The van der Waals surface area contributed by atoms with Gasteiger partial charge in [-0.1, -0.05) is 60.7 Å². The van der Waals surface area contributed by atoms with Gasteiger partial charge in [0.05, 0.1) is 46.4 Å². The number of ether oxygens (including phenoxy) is 1. The lowest BCUT2D eigenvalue weighted by Crippen LogP contribution is -2.42. The lowest BCUT2D eigenvalue weighted by Gasteiger charge is -2.35. The number of benzene rings is 4. The molecule has 41 heavy (non-hydrogen) atoms. The zero-order valence-corrected chi connectivity index (χ0v) is 24.3. The van der Waals surface area contributed by atoms with Crippen molar-refractivity contribution in [2.45, 2.75) is 26.4 Å². The van der Waals surface area contributed by atoms with Gasteiger partial charge in [0, 0.05) is 5.56 Å². The van der Waals surface area contributed by atoms with Crippen molar-refractivity contribution in [3.05, 3.63) is 124 Å². The molecule has 204 valence electrons. The Labute approximate surface area is 247 Å². The minimum Gasteiger partial charge on any atom is -0.503 e. The van der Waals surface area contributed by atoms with Gasteiger partial charge in [0.2, 0.25) is 5.96 Å². The molecule has 2 aliphatic heterocycles. The third kappa shape index (κ3) is 4.17. The highest BCUT2D eigenvalue weighted by molar-refractivity contribution is 9.10. The van der Waals surface area contributed by atoms with E-state index < -0.39 is 0 Å². The van der Waals surface area contributed by atoms with Crippen molar-refractivity contribution in [3.63, 3.8) is 0 Å². The van der Waals surface area contributed by atoms with Gasteiger partial charge in [-0.3, -0.25) is 4.90 Å². The number of phenolic OH excluding ortho intramolecular Hbond substituents is 1. The molecule has 0 unspecified atom stereocenters. The van der Waals surface area contributed by atoms with Crippen LogP contribution in [0.25, 0.3) is 5.69 Å². The van der Waals surface area contributed by atoms with Crippen molar-refractivity contribution in [2.75, 3.05) is 16.4 Å². The van der Waals surface area contributed by atoms with Gasteiger partial charge in [-0.2, -0.15) is 10.1 Å². The van der Waals surface area contributed by atoms with E-state index in [1.165, 1.54) is 5.56 Å². The van der Waals surface area contributed by atoms with Crippen LogP contribution in [0.4, 0.5) is 17.2 Å². The molecule has 4 aromatic carbocycles. The zero-order valence-electron chi connectivity index (χ0n) is 22.7. The Kier molecular flexibility index (Phi) is 6.27. The summed E-state index contributed by atoms with van der Waals surface area (Å²) in [4.78, 5) is 9.91. The van der Waals surface area contributed by atoms with Crippen LogP contribution in [-0.2, 0) is 6.54 Å². The third-order valence-electron chi connectivity index (χ3n) is 7.56. The van der Waals surface area contributed by atoms with Crippen LogP contribution >= 0.6 is 15.9 Å². The SMILES string of the molecule is CCOc1cc([C@H]2c3c(C)nn(-c4ccccc4)c3N=C3N(Cc4ccccc4)c4ccccc4N32)cc(Br)c1O. The Balaban J connectivity index is 1.50. The molecule has 2 aliphatic rings. The fourth-order valence-electron chi connectivity index (χ4n) is 5.79. The molecule has 7 rings (SSSR count). The van der Waals surface area contributed by atoms with E-state index in [1.807, 2.05) is 67.1 Å². The summed E-state index contributed by atoms with van der Waals surface area (Å²) >= 11 is 3.58. The lowest BCUT2D eigenvalue weighted by molar-refractivity contribution is 0.316. The second kappa shape index (κ2) is 10.1. The van der Waals surface area contributed by atoms with Crippen LogP contribution in [0, 0.1) is 6.92 Å². The summed E-state index contributed by atoms with van der Waals surface area (Å²) in [6.07, 6.45) is 0. The lowest BCUT2D eigenvalue weighted by atomic mass is 9.95. The fourth-order valence-corrected chi connectivity index (χ4v) is 6.25. The van der Waals surface area contributed by atoms with Crippen molar-refractivity contribution in [3.8, 4) is 17.2 Å². The Morgan fingerprint density at radius 1 is 0.902 bits per heavy atom. The summed E-state index contributed by atoms with van der Waals surface area (Å²) in [5.74, 6) is 2.14. The molecule has 0 amide bonds. The van der Waals surface area contributed by atoms with Crippen LogP contribution in [0.15, 0.2) is 107 Å². The molecule has 0 fully saturated rings. The van der Waals surface area contributed by atoms with Crippen molar-refractivity contribution >= 4 is 39.1 Å². The molecule has 0 bridgehead atoms. The summed E-state index contributed by atoms with van der Waals surface area (Å²) in [5.41, 5.74) is 7.14. The van der Waals surface area contributed by atoms with Crippen molar-refractivity contribution < 1.29 is 9.84 Å². The normalized spacial score (nSPS) is 15.3. The first-order chi connectivity index (χ1) is 20.0. The molecule has 1 aromatic heterocycles. The maximum absolute atomic E-state index is 10.8. The molecule has 0 spiro atoms. The van der Waals surface area contributed by atoms with E-state index in [4.69, 9.17) is 14.8 Å². The van der Waals surface area contributed by atoms with Crippen LogP contribution in [0.5, 0.6) is 11.5 Å². The second-order valence-corrected chi connectivity index (χ2v) is 11.0. The number of aromatic hydroxyl groups is 1. The predicted octanol–water partition coefficient (Wildman–Crippen LogP) is 7.66. The highest BCUT2D eigenvalue weighted by Crippen LogP contribution is 2.52. The smallest absolute Gasteiger partial charge is 0.213 e. The number of nitrogens with zero attached hydrogens (tertiary/aromatic N) is 5. The number of hydrogen-bond donors (Lipinski definition) is 1. The van der Waals surface area contributed by atoms with E-state index in [0.29, 0.717) is 23.4 Å². The number of halogens is 1. The maximum Gasteiger partial charge on any atom is 0.213 e. The molecule has 1 atom stereocenters. The molecule has 1 N–H and O–H groups in total. The van der Waals surface area contributed by atoms with E-state index in [-0.39, 0.29) is 11.8 Å². The Bertz CT molecular complexity index is 1780. The van der Waals surface area contributed by atoms with Crippen molar-refractivity contribution in [1.29, 1.82) is 0 Å². The van der Waals surface area contributed by atoms with E-state index in [2.05, 4.69) is 74.3 Å². The van der Waals surface area contributed by atoms with E-state index >= 15 is 0 Å². The topological polar surface area (TPSA) is 66.1 Å². The van der Waals surface area contributed by atoms with Gasteiger partial charge in [-0.05, 0) is 77.3 Å². The van der Waals surface area contributed by atoms with Crippen LogP contribution < -0.4 is 14.5 Å². The Morgan fingerprint density at radius 2 is 1.59 bits per heavy atom. The quantitative estimate of drug-likeness (QED) is 0.215. The van der Waals surface area contributed by atoms with Gasteiger partial charge in [0.15, 0.2) is 17.3 Å². The van der Waals surface area contributed by atoms with E-state index in [0.717, 1.165) is 45.7 Å². The Morgan fingerprint density at radius 3 is 2.32 bits per heavy atom. The number of guanidine groups is 1. The zero-order chi connectivity index (χ0) is 28.1. The highest BCUT2D eigenvalue weighted by atomic mass is 79.9. The number of aryl methyl sites for hydroxylation is 1. The summed E-state index contributed by atoms with van der Waals surface area (Å²) in [7, 11) is 0. The number of hydrogen-bond acceptors (Lipinski definition) is 6. The average Bonchev–Trinajstić information content (AvgIpc) is 3.50. The van der Waals surface area contributed by atoms with Crippen molar-refractivity contribution in [1.82, 2.24) is 9.78 Å². The van der Waals surface area contributed by atoms with Gasteiger partial charge >= 0.3 is 0 Å². The van der Waals surface area contributed by atoms with Gasteiger partial charge in [0.1, 0.15) is 0 Å². The average molecular weight is 607 g/mol. The number of anilines is 2. The third-order valence-corrected chi connectivity index (χ3v) is 8.16. The number of aliphatic imine (C=N–C) groups is 1. The monoisotopic (exact) mass is 605 g/mol. The van der Waals surface area contributed by atoms with Crippen LogP contribution in [-0.4, -0.2) is 27.5 Å². The van der Waals surface area contributed by atoms with Crippen molar-refractivity contribution in [2.24, 2.45) is 4.99 Å². The van der Waals surface area contributed by atoms with Crippen LogP contribution in [0.3, 0.4) is 0 Å². The minimum absolute atomic E-state index is 0.0877. The molecular formula is C33H28BrN5O2. The standard InChI is InChI=1S/C33H28BrN5O2/c1-3-41-28-19-23(18-25(34)31(28)40)30-29-21(2)36-39(24-14-8-5-9-15-24)32(29)35-33-37(20-22-12-6-4-7-13-22)26-16-10-11-17-27(26)38(30)33/h4-19,30,40H,3,20H2,1-2H3/t30-/m0/s1. The minimum atomic E-state index is -0.270. The van der Waals surface area contributed by atoms with Gasteiger partial charge < -0.3 is 14.7 Å². The summed E-state index contributed by atoms with van der Waals surface area (Å²) in [6.45, 7) is 5.05. The predicted molar refractivity (Wildman–Crippen MR) is 166 cm³/mol. The molecule has 8 heteroatoms. The molecule has 0 aliphatic carbocycles. The molecule has 7 nitrogen and oxygen atoms in total. The first-order valence-electron chi connectivity index (χ1n) is 13.6. The first kappa shape index (κ1) is 25.4. The number of phenols is 1. The summed E-state index contributed by atoms with van der Waals surface area (Å²) in [6, 6.07) is 32.6. The molecule has 5 aromatic rings. The summed E-state index contributed by atoms with van der Waals surface area (Å²) in [5, 5.41) is 15.8. The molecular weight excluding hydrogens is 578 g/mol. The molecule has 0 radical (unpaired) electrons. The maximum atomic E-state index is 10.8. The van der Waals surface area contributed by atoms with Gasteiger partial charge in [-0.15, -0.1) is 0 Å². The number of aromatic nitrogens is 2. The number of para-hydroxylation sites is 3. The van der Waals surface area contributed by atoms with Gasteiger partial charge in [-0.25, -0.2) is 4.68 Å². The van der Waals surface area contributed by atoms with Crippen LogP contribution in [0.2, 0.25) is 0 Å². The second-order valence-electron chi connectivity index (χ2n) is 10.1. The van der Waals surface area contributed by atoms with E-state index in [9.17, 15) is 5.11 Å². The van der Waals surface area contributed by atoms with E-state index in [1.54, 1.807) is 0 Å². The molecule has 0 saturated carbocycles. The number of fused-ring (bicyclic) bond motifs is 4. The first-order valence-corrected chi connectivity index (χ1v) is 14.4. The highest BCUT2D eigenvalue weighted by Gasteiger charge is 2.44. The molecule has 3 heterocycles. The fraction of sp³-hybridized carbons (Fsp3) is 0.152.